The van der Waals surface area contributed by atoms with E-state index in [4.69, 9.17) is 5.73 Å². The van der Waals surface area contributed by atoms with Crippen molar-refractivity contribution < 1.29 is 4.79 Å². The number of hydrogen-bond acceptors (Lipinski definition) is 4. The molecule has 1 rings (SSSR count). The minimum absolute atomic E-state index is 0.0138. The molecule has 0 saturated carbocycles. The fourth-order valence-corrected chi connectivity index (χ4v) is 2.29. The average molecular weight is 200 g/mol. The standard InChI is InChI=1S/C9H16N2OS/c1-3-6(2)8(10)9-11-7(4-12)5-13-9/h4,6-8H,3,5,10H2,1-2H3. The summed E-state index contributed by atoms with van der Waals surface area (Å²) in [5.74, 6) is 1.21. The van der Waals surface area contributed by atoms with Gasteiger partial charge < -0.3 is 10.5 Å². The van der Waals surface area contributed by atoms with Crippen LogP contribution in [0.1, 0.15) is 20.3 Å². The van der Waals surface area contributed by atoms with Crippen molar-refractivity contribution in [2.75, 3.05) is 5.75 Å². The Labute approximate surface area is 83.2 Å². The Hall–Kier alpha value is -0.350. The Morgan fingerprint density at radius 3 is 3.00 bits per heavy atom. The molecule has 74 valence electrons. The van der Waals surface area contributed by atoms with Crippen LogP contribution in [0, 0.1) is 5.92 Å². The summed E-state index contributed by atoms with van der Waals surface area (Å²) in [6, 6.07) is -0.143. The predicted molar refractivity (Wildman–Crippen MR) is 57.2 cm³/mol. The Balaban J connectivity index is 2.57. The van der Waals surface area contributed by atoms with Crippen molar-refractivity contribution in [3.8, 4) is 0 Å². The number of thioether (sulfide) groups is 1. The highest BCUT2D eigenvalue weighted by Gasteiger charge is 2.24. The highest BCUT2D eigenvalue weighted by molar-refractivity contribution is 8.14. The molecule has 1 aliphatic heterocycles. The SMILES string of the molecule is CCC(C)C(N)C1=NC(C=O)CS1. The quantitative estimate of drug-likeness (QED) is 0.691. The molecule has 1 aliphatic rings. The van der Waals surface area contributed by atoms with Crippen LogP contribution in [0.3, 0.4) is 0 Å². The molecule has 0 spiro atoms. The van der Waals surface area contributed by atoms with Crippen LogP contribution in [-0.2, 0) is 4.79 Å². The van der Waals surface area contributed by atoms with E-state index < -0.39 is 0 Å². The van der Waals surface area contributed by atoms with Crippen LogP contribution in [0.2, 0.25) is 0 Å². The summed E-state index contributed by atoms with van der Waals surface area (Å²) in [5, 5.41) is 0.950. The van der Waals surface area contributed by atoms with Crippen molar-refractivity contribution in [3.63, 3.8) is 0 Å². The molecule has 2 N–H and O–H groups in total. The molecule has 0 amide bonds. The van der Waals surface area contributed by atoms with Crippen LogP contribution in [0.15, 0.2) is 4.99 Å². The molecule has 1 heterocycles. The van der Waals surface area contributed by atoms with Gasteiger partial charge in [-0.15, -0.1) is 11.8 Å². The highest BCUT2D eigenvalue weighted by Crippen LogP contribution is 2.22. The van der Waals surface area contributed by atoms with Crippen LogP contribution in [-0.4, -0.2) is 29.2 Å². The van der Waals surface area contributed by atoms with E-state index in [1.165, 1.54) is 0 Å². The maximum absolute atomic E-state index is 10.5. The number of aliphatic imine (C=N–C) groups is 1. The van der Waals surface area contributed by atoms with Crippen molar-refractivity contribution in [3.05, 3.63) is 0 Å². The lowest BCUT2D eigenvalue weighted by Crippen LogP contribution is -2.34. The lowest BCUT2D eigenvalue weighted by molar-refractivity contribution is -0.108. The molecule has 0 radical (unpaired) electrons. The molecule has 3 unspecified atom stereocenters. The first-order valence-electron chi connectivity index (χ1n) is 4.60. The third kappa shape index (κ3) is 2.54. The van der Waals surface area contributed by atoms with Gasteiger partial charge in [-0.1, -0.05) is 20.3 Å². The summed E-state index contributed by atoms with van der Waals surface area (Å²) in [6.45, 7) is 4.23. The number of aldehydes is 1. The van der Waals surface area contributed by atoms with Crippen molar-refractivity contribution in [2.24, 2.45) is 16.6 Å². The molecular weight excluding hydrogens is 184 g/mol. The summed E-state index contributed by atoms with van der Waals surface area (Å²) in [6.07, 6.45) is 1.94. The first-order valence-corrected chi connectivity index (χ1v) is 5.59. The molecule has 0 fully saturated rings. The zero-order valence-corrected chi connectivity index (χ0v) is 8.88. The van der Waals surface area contributed by atoms with E-state index in [1.54, 1.807) is 11.8 Å². The maximum atomic E-state index is 10.5. The van der Waals surface area contributed by atoms with E-state index in [2.05, 4.69) is 18.8 Å². The smallest absolute Gasteiger partial charge is 0.145 e. The summed E-state index contributed by atoms with van der Waals surface area (Å²) in [4.78, 5) is 14.7. The topological polar surface area (TPSA) is 55.4 Å². The fraction of sp³-hybridized carbons (Fsp3) is 0.778. The van der Waals surface area contributed by atoms with Crippen LogP contribution in [0.4, 0.5) is 0 Å². The number of nitrogens with two attached hydrogens (primary N) is 1. The summed E-state index contributed by atoms with van der Waals surface area (Å²) in [7, 11) is 0. The van der Waals surface area contributed by atoms with Gasteiger partial charge in [-0.05, 0) is 5.92 Å². The van der Waals surface area contributed by atoms with E-state index in [1.807, 2.05) is 0 Å². The van der Waals surface area contributed by atoms with Gasteiger partial charge in [-0.3, -0.25) is 4.99 Å². The summed E-state index contributed by atoms with van der Waals surface area (Å²) < 4.78 is 0. The number of hydrogen-bond donors (Lipinski definition) is 1. The predicted octanol–water partition coefficient (Wildman–Crippen LogP) is 1.07. The van der Waals surface area contributed by atoms with Crippen LogP contribution in [0.5, 0.6) is 0 Å². The lowest BCUT2D eigenvalue weighted by atomic mass is 10.0. The second-order valence-electron chi connectivity index (χ2n) is 3.39. The molecule has 0 aromatic carbocycles. The van der Waals surface area contributed by atoms with Crippen molar-refractivity contribution in [1.29, 1.82) is 0 Å². The van der Waals surface area contributed by atoms with Crippen LogP contribution in [0.25, 0.3) is 0 Å². The van der Waals surface area contributed by atoms with E-state index in [0.717, 1.165) is 23.5 Å². The molecule has 0 saturated heterocycles. The number of carbonyl (C=O) groups excluding carboxylic acids is 1. The largest absolute Gasteiger partial charge is 0.322 e. The fourth-order valence-electron chi connectivity index (χ4n) is 1.16. The third-order valence-electron chi connectivity index (χ3n) is 2.39. The minimum Gasteiger partial charge on any atom is -0.322 e. The Bertz CT molecular complexity index is 218. The molecular formula is C9H16N2OS. The van der Waals surface area contributed by atoms with Gasteiger partial charge in [0.05, 0.1) is 11.1 Å². The van der Waals surface area contributed by atoms with Crippen molar-refractivity contribution >= 4 is 23.1 Å². The van der Waals surface area contributed by atoms with Gasteiger partial charge in [0, 0.05) is 5.75 Å². The van der Waals surface area contributed by atoms with Gasteiger partial charge in [0.15, 0.2) is 0 Å². The van der Waals surface area contributed by atoms with Gasteiger partial charge in [0.25, 0.3) is 0 Å². The van der Waals surface area contributed by atoms with Gasteiger partial charge in [0.1, 0.15) is 12.3 Å². The van der Waals surface area contributed by atoms with Gasteiger partial charge >= 0.3 is 0 Å². The van der Waals surface area contributed by atoms with Crippen molar-refractivity contribution in [1.82, 2.24) is 0 Å². The van der Waals surface area contributed by atoms with Crippen molar-refractivity contribution in [2.45, 2.75) is 32.4 Å². The maximum Gasteiger partial charge on any atom is 0.145 e. The first kappa shape index (κ1) is 10.7. The van der Waals surface area contributed by atoms with E-state index in [9.17, 15) is 4.79 Å². The molecule has 13 heavy (non-hydrogen) atoms. The zero-order chi connectivity index (χ0) is 9.84. The molecule has 3 nitrogen and oxygen atoms in total. The van der Waals surface area contributed by atoms with E-state index in [0.29, 0.717) is 5.92 Å². The lowest BCUT2D eigenvalue weighted by Gasteiger charge is -2.17. The van der Waals surface area contributed by atoms with Gasteiger partial charge in [0.2, 0.25) is 0 Å². The Morgan fingerprint density at radius 1 is 1.85 bits per heavy atom. The monoisotopic (exact) mass is 200 g/mol. The second kappa shape index (κ2) is 4.77. The molecule has 0 aliphatic carbocycles. The molecule has 0 aromatic rings. The Morgan fingerprint density at radius 2 is 2.54 bits per heavy atom. The molecule has 3 atom stereocenters. The Kier molecular flexibility index (Phi) is 3.93. The van der Waals surface area contributed by atoms with E-state index >= 15 is 0 Å². The average Bonchev–Trinajstić information content (AvgIpc) is 2.63. The van der Waals surface area contributed by atoms with Gasteiger partial charge in [-0.2, -0.15) is 0 Å². The molecule has 0 aromatic heterocycles. The zero-order valence-electron chi connectivity index (χ0n) is 8.06. The molecule has 4 heteroatoms. The second-order valence-corrected chi connectivity index (χ2v) is 4.43. The number of carbonyl (C=O) groups is 1. The minimum atomic E-state index is -0.157. The van der Waals surface area contributed by atoms with Gasteiger partial charge in [-0.25, -0.2) is 0 Å². The molecule has 0 bridgehead atoms. The number of rotatable bonds is 4. The van der Waals surface area contributed by atoms with Crippen LogP contribution < -0.4 is 5.73 Å². The van der Waals surface area contributed by atoms with Crippen LogP contribution >= 0.6 is 11.8 Å². The normalized spacial score (nSPS) is 26.7. The first-order chi connectivity index (χ1) is 6.19. The summed E-state index contributed by atoms with van der Waals surface area (Å²) in [5.41, 5.74) is 5.98. The number of nitrogens with zero attached hydrogens (tertiary/aromatic N) is 1. The summed E-state index contributed by atoms with van der Waals surface area (Å²) >= 11 is 1.62. The highest BCUT2D eigenvalue weighted by atomic mass is 32.2. The third-order valence-corrected chi connectivity index (χ3v) is 3.58. The van der Waals surface area contributed by atoms with E-state index in [-0.39, 0.29) is 12.1 Å².